The van der Waals surface area contributed by atoms with Gasteiger partial charge in [0.2, 0.25) is 0 Å². The molecular weight excluding hydrogens is 250 g/mol. The van der Waals surface area contributed by atoms with Gasteiger partial charge in [-0.05, 0) is 37.0 Å². The summed E-state index contributed by atoms with van der Waals surface area (Å²) in [5, 5.41) is 3.74. The van der Waals surface area contributed by atoms with Crippen molar-refractivity contribution in [3.8, 4) is 5.75 Å². The molecular formula is C17H25NO2. The number of nitrogens with one attached hydrogen (secondary N) is 1. The van der Waals surface area contributed by atoms with E-state index < -0.39 is 0 Å². The molecule has 1 heterocycles. The third kappa shape index (κ3) is 2.84. The second-order valence-corrected chi connectivity index (χ2v) is 6.16. The predicted octanol–water partition coefficient (Wildman–Crippen LogP) is 2.89. The molecule has 1 saturated heterocycles. The molecule has 0 spiro atoms. The minimum atomic E-state index is 0.314. The molecule has 0 radical (unpaired) electrons. The van der Waals surface area contributed by atoms with Crippen LogP contribution in [0.3, 0.4) is 0 Å². The van der Waals surface area contributed by atoms with Crippen molar-refractivity contribution in [2.45, 2.75) is 43.6 Å². The smallest absolute Gasteiger partial charge is 0.118 e. The van der Waals surface area contributed by atoms with Gasteiger partial charge in [0.1, 0.15) is 5.75 Å². The quantitative estimate of drug-likeness (QED) is 0.896. The van der Waals surface area contributed by atoms with Crippen LogP contribution in [0, 0.1) is 0 Å². The van der Waals surface area contributed by atoms with Gasteiger partial charge >= 0.3 is 0 Å². The van der Waals surface area contributed by atoms with Crippen molar-refractivity contribution in [3.05, 3.63) is 29.8 Å². The molecule has 20 heavy (non-hydrogen) atoms. The van der Waals surface area contributed by atoms with Crippen molar-refractivity contribution < 1.29 is 9.47 Å². The van der Waals surface area contributed by atoms with Gasteiger partial charge in [-0.1, -0.05) is 25.0 Å². The number of hydrogen-bond donors (Lipinski definition) is 1. The summed E-state index contributed by atoms with van der Waals surface area (Å²) in [7, 11) is 1.72. The van der Waals surface area contributed by atoms with E-state index in [1.807, 2.05) is 0 Å². The Kier molecular flexibility index (Phi) is 4.27. The van der Waals surface area contributed by atoms with E-state index in [0.717, 1.165) is 31.9 Å². The molecule has 1 aromatic carbocycles. The van der Waals surface area contributed by atoms with Crippen LogP contribution in [0.5, 0.6) is 5.75 Å². The average Bonchev–Trinajstić information content (AvgIpc) is 3.17. The number of rotatable bonds is 5. The number of benzene rings is 1. The van der Waals surface area contributed by atoms with E-state index in [-0.39, 0.29) is 0 Å². The lowest BCUT2D eigenvalue weighted by atomic mass is 9.78. The van der Waals surface area contributed by atoms with Crippen molar-refractivity contribution in [1.82, 2.24) is 5.32 Å². The molecule has 1 aliphatic carbocycles. The van der Waals surface area contributed by atoms with Gasteiger partial charge in [0.15, 0.2) is 0 Å². The fourth-order valence-corrected chi connectivity index (χ4v) is 3.60. The molecule has 0 bridgehead atoms. The van der Waals surface area contributed by atoms with E-state index in [1.165, 1.54) is 31.2 Å². The van der Waals surface area contributed by atoms with Gasteiger partial charge in [-0.15, -0.1) is 0 Å². The van der Waals surface area contributed by atoms with Crippen LogP contribution in [-0.4, -0.2) is 32.9 Å². The summed E-state index contributed by atoms with van der Waals surface area (Å²) >= 11 is 0. The van der Waals surface area contributed by atoms with Crippen LogP contribution >= 0.6 is 0 Å². The molecule has 1 N–H and O–H groups in total. The summed E-state index contributed by atoms with van der Waals surface area (Å²) in [5.74, 6) is 0.944. The minimum absolute atomic E-state index is 0.314. The molecule has 0 aromatic heterocycles. The van der Waals surface area contributed by atoms with Gasteiger partial charge in [-0.25, -0.2) is 0 Å². The zero-order valence-corrected chi connectivity index (χ0v) is 12.4. The van der Waals surface area contributed by atoms with Crippen LogP contribution in [0.1, 0.15) is 37.7 Å². The molecule has 2 fully saturated rings. The van der Waals surface area contributed by atoms with Gasteiger partial charge in [0, 0.05) is 24.6 Å². The average molecular weight is 275 g/mol. The predicted molar refractivity (Wildman–Crippen MR) is 80.4 cm³/mol. The third-order valence-corrected chi connectivity index (χ3v) is 4.92. The van der Waals surface area contributed by atoms with Crippen molar-refractivity contribution in [2.24, 2.45) is 0 Å². The van der Waals surface area contributed by atoms with Gasteiger partial charge in [-0.3, -0.25) is 0 Å². The highest BCUT2D eigenvalue weighted by atomic mass is 16.5. The highest BCUT2D eigenvalue weighted by Crippen LogP contribution is 2.41. The topological polar surface area (TPSA) is 30.5 Å². The summed E-state index contributed by atoms with van der Waals surface area (Å²) in [6.07, 6.45) is 6.42. The Morgan fingerprint density at radius 2 is 2.00 bits per heavy atom. The van der Waals surface area contributed by atoms with Crippen LogP contribution < -0.4 is 10.1 Å². The van der Waals surface area contributed by atoms with E-state index in [9.17, 15) is 0 Å². The molecule has 3 rings (SSSR count). The van der Waals surface area contributed by atoms with E-state index in [1.54, 1.807) is 7.11 Å². The van der Waals surface area contributed by atoms with Crippen LogP contribution in [-0.2, 0) is 10.2 Å². The Morgan fingerprint density at radius 1 is 1.25 bits per heavy atom. The summed E-state index contributed by atoms with van der Waals surface area (Å²) in [4.78, 5) is 0. The largest absolute Gasteiger partial charge is 0.497 e. The monoisotopic (exact) mass is 275 g/mol. The lowest BCUT2D eigenvalue weighted by Gasteiger charge is -2.31. The maximum atomic E-state index is 5.46. The Hall–Kier alpha value is -1.06. The van der Waals surface area contributed by atoms with Gasteiger partial charge in [0.25, 0.3) is 0 Å². The molecule has 1 aliphatic heterocycles. The molecule has 110 valence electrons. The van der Waals surface area contributed by atoms with Gasteiger partial charge in [-0.2, -0.15) is 0 Å². The highest BCUT2D eigenvalue weighted by molar-refractivity contribution is 5.33. The van der Waals surface area contributed by atoms with E-state index >= 15 is 0 Å². The van der Waals surface area contributed by atoms with Crippen LogP contribution in [0.15, 0.2) is 24.3 Å². The third-order valence-electron chi connectivity index (χ3n) is 4.92. The van der Waals surface area contributed by atoms with Crippen LogP contribution in [0.4, 0.5) is 0 Å². The molecule has 3 heteroatoms. The van der Waals surface area contributed by atoms with E-state index in [0.29, 0.717) is 11.5 Å². The molecule has 1 unspecified atom stereocenters. The SMILES string of the molecule is COc1ccc(C2(CNC3CCOC3)CCCC2)cc1. The second-order valence-electron chi connectivity index (χ2n) is 6.16. The Labute approximate surface area is 121 Å². The van der Waals surface area contributed by atoms with Crippen LogP contribution in [0.25, 0.3) is 0 Å². The zero-order valence-electron chi connectivity index (χ0n) is 12.4. The number of hydrogen-bond acceptors (Lipinski definition) is 3. The Balaban J connectivity index is 1.72. The first kappa shape index (κ1) is 13.9. The Bertz CT molecular complexity index is 417. The normalized spacial score (nSPS) is 24.9. The fourth-order valence-electron chi connectivity index (χ4n) is 3.60. The first-order valence-electron chi connectivity index (χ1n) is 7.78. The molecule has 0 amide bonds. The number of ether oxygens (including phenoxy) is 2. The highest BCUT2D eigenvalue weighted by Gasteiger charge is 2.36. The lowest BCUT2D eigenvalue weighted by molar-refractivity contribution is 0.188. The first-order valence-corrected chi connectivity index (χ1v) is 7.78. The fraction of sp³-hybridized carbons (Fsp3) is 0.647. The minimum Gasteiger partial charge on any atom is -0.497 e. The van der Waals surface area contributed by atoms with E-state index in [4.69, 9.17) is 9.47 Å². The molecule has 1 atom stereocenters. The summed E-state index contributed by atoms with van der Waals surface area (Å²) in [6.45, 7) is 2.86. The Morgan fingerprint density at radius 3 is 2.60 bits per heavy atom. The zero-order chi connectivity index (χ0) is 13.8. The van der Waals surface area contributed by atoms with Crippen molar-refractivity contribution in [3.63, 3.8) is 0 Å². The maximum absolute atomic E-state index is 5.46. The first-order chi connectivity index (χ1) is 9.82. The van der Waals surface area contributed by atoms with Gasteiger partial charge < -0.3 is 14.8 Å². The molecule has 3 nitrogen and oxygen atoms in total. The maximum Gasteiger partial charge on any atom is 0.118 e. The molecule has 1 saturated carbocycles. The summed E-state index contributed by atoms with van der Waals surface area (Å²) < 4.78 is 10.7. The standard InChI is InChI=1S/C17H25NO2/c1-19-16-6-4-14(5-7-16)17(9-2-3-10-17)13-18-15-8-11-20-12-15/h4-7,15,18H,2-3,8-13H2,1H3. The van der Waals surface area contributed by atoms with Crippen molar-refractivity contribution in [2.75, 3.05) is 26.9 Å². The van der Waals surface area contributed by atoms with E-state index in [2.05, 4.69) is 29.6 Å². The molecule has 2 aliphatic rings. The van der Waals surface area contributed by atoms with Crippen molar-refractivity contribution >= 4 is 0 Å². The van der Waals surface area contributed by atoms with Crippen LogP contribution in [0.2, 0.25) is 0 Å². The lowest BCUT2D eigenvalue weighted by Crippen LogP contribution is -2.41. The number of methoxy groups -OCH3 is 1. The van der Waals surface area contributed by atoms with Crippen molar-refractivity contribution in [1.29, 1.82) is 0 Å². The summed E-state index contributed by atoms with van der Waals surface area (Å²) in [6, 6.07) is 9.22. The second kappa shape index (κ2) is 6.15. The van der Waals surface area contributed by atoms with Gasteiger partial charge in [0.05, 0.1) is 13.7 Å². The molecule has 1 aromatic rings. The summed E-state index contributed by atoms with van der Waals surface area (Å²) in [5.41, 5.74) is 1.77.